The lowest BCUT2D eigenvalue weighted by Gasteiger charge is -2.22. The lowest BCUT2D eigenvalue weighted by Crippen LogP contribution is -2.24. The summed E-state index contributed by atoms with van der Waals surface area (Å²) in [5.74, 6) is -0.716. The first-order valence-electron chi connectivity index (χ1n) is 10.9. The molecule has 37 heavy (non-hydrogen) atoms. The molecule has 6 nitrogen and oxygen atoms in total. The molecule has 0 saturated heterocycles. The normalized spacial score (nSPS) is 13.1. The third kappa shape index (κ3) is 5.41. The van der Waals surface area contributed by atoms with Gasteiger partial charge in [0.1, 0.15) is 11.7 Å². The lowest BCUT2D eigenvalue weighted by molar-refractivity contribution is 0.00695. The van der Waals surface area contributed by atoms with E-state index in [1.165, 1.54) is 30.3 Å². The van der Waals surface area contributed by atoms with Gasteiger partial charge in [-0.2, -0.15) is 0 Å². The van der Waals surface area contributed by atoms with Crippen LogP contribution in [0.2, 0.25) is 15.1 Å². The van der Waals surface area contributed by atoms with Gasteiger partial charge in [0, 0.05) is 20.4 Å². The number of halogens is 4. The molecule has 1 atom stereocenters. The molecule has 1 aromatic heterocycles. The van der Waals surface area contributed by atoms with E-state index in [1.54, 1.807) is 51.1 Å². The van der Waals surface area contributed by atoms with E-state index in [4.69, 9.17) is 39.5 Å². The van der Waals surface area contributed by atoms with Crippen LogP contribution in [0.1, 0.15) is 48.5 Å². The highest BCUT2D eigenvalue weighted by Gasteiger charge is 2.32. The summed E-state index contributed by atoms with van der Waals surface area (Å²) in [5.41, 5.74) is -0.700. The Kier molecular flexibility index (Phi) is 7.74. The molecule has 4 rings (SSSR count). The Hall–Kier alpha value is -2.07. The fourth-order valence-corrected chi connectivity index (χ4v) is 6.90. The highest BCUT2D eigenvalue weighted by atomic mass is 79.9. The average Bonchev–Trinajstić information content (AvgIpc) is 3.19. The molecule has 0 radical (unpaired) electrons. The van der Waals surface area contributed by atoms with Crippen LogP contribution in [-0.4, -0.2) is 29.1 Å². The topological polar surface area (TPSA) is 85.6 Å². The van der Waals surface area contributed by atoms with Crippen molar-refractivity contribution in [2.24, 2.45) is 0 Å². The number of aliphatic hydroxyl groups excluding tert-OH is 1. The highest BCUT2D eigenvalue weighted by molar-refractivity contribution is 9.10. The fourth-order valence-electron chi connectivity index (χ4n) is 3.84. The van der Waals surface area contributed by atoms with Gasteiger partial charge in [0.15, 0.2) is 0 Å². The number of ether oxygens (including phenoxy) is 1. The maximum Gasteiger partial charge on any atom is 0.340 e. The van der Waals surface area contributed by atoms with Crippen molar-refractivity contribution in [3.8, 4) is 0 Å². The van der Waals surface area contributed by atoms with Crippen molar-refractivity contribution in [3.05, 3.63) is 97.0 Å². The van der Waals surface area contributed by atoms with Gasteiger partial charge in [-0.15, -0.1) is 0 Å². The molecule has 3 aromatic carbocycles. The number of nitrogens with zero attached hydrogens (tertiary/aromatic N) is 1. The minimum absolute atomic E-state index is 0.00301. The Morgan fingerprint density at radius 3 is 2.27 bits per heavy atom. The number of aliphatic hydroxyl groups is 1. The van der Waals surface area contributed by atoms with Gasteiger partial charge in [0.25, 0.3) is 10.0 Å². The summed E-state index contributed by atoms with van der Waals surface area (Å²) in [7, 11) is -4.22. The van der Waals surface area contributed by atoms with E-state index in [0.717, 1.165) is 3.97 Å². The molecule has 0 bridgehead atoms. The number of carbonyl (C=O) groups excluding carboxylic acids is 1. The van der Waals surface area contributed by atoms with Crippen LogP contribution in [0.15, 0.2) is 70.0 Å². The third-order valence-corrected chi connectivity index (χ3v) is 8.66. The summed E-state index contributed by atoms with van der Waals surface area (Å²) in [4.78, 5) is 12.8. The van der Waals surface area contributed by atoms with Crippen molar-refractivity contribution in [2.75, 3.05) is 0 Å². The Morgan fingerprint density at radius 1 is 1.00 bits per heavy atom. The van der Waals surface area contributed by atoms with E-state index in [0.29, 0.717) is 9.86 Å². The van der Waals surface area contributed by atoms with Gasteiger partial charge in [0.2, 0.25) is 0 Å². The number of carbonyl (C=O) groups is 1. The Bertz CT molecular complexity index is 1630. The Balaban J connectivity index is 1.99. The van der Waals surface area contributed by atoms with E-state index < -0.39 is 27.7 Å². The van der Waals surface area contributed by atoms with Crippen molar-refractivity contribution in [3.63, 3.8) is 0 Å². The molecule has 0 spiro atoms. The highest BCUT2D eigenvalue weighted by Crippen LogP contribution is 2.41. The summed E-state index contributed by atoms with van der Waals surface area (Å²) in [6, 6.07) is 15.2. The quantitative estimate of drug-likeness (QED) is 0.226. The summed E-state index contributed by atoms with van der Waals surface area (Å²) >= 11 is 22.8. The maximum absolute atomic E-state index is 13.8. The second-order valence-electron chi connectivity index (χ2n) is 9.20. The van der Waals surface area contributed by atoms with E-state index in [9.17, 15) is 18.3 Å². The molecule has 0 saturated carbocycles. The van der Waals surface area contributed by atoms with Crippen molar-refractivity contribution in [1.82, 2.24) is 3.97 Å². The van der Waals surface area contributed by atoms with Gasteiger partial charge in [-0.1, -0.05) is 68.9 Å². The molecule has 0 aliphatic rings. The molecule has 4 aromatic rings. The van der Waals surface area contributed by atoms with Gasteiger partial charge in [0.05, 0.1) is 31.7 Å². The first-order valence-corrected chi connectivity index (χ1v) is 14.3. The van der Waals surface area contributed by atoms with Crippen LogP contribution in [0.5, 0.6) is 0 Å². The number of fused-ring (bicyclic) bond motifs is 1. The van der Waals surface area contributed by atoms with Gasteiger partial charge < -0.3 is 9.84 Å². The average molecular weight is 646 g/mol. The monoisotopic (exact) mass is 643 g/mol. The Labute approximate surface area is 237 Å². The Morgan fingerprint density at radius 2 is 1.65 bits per heavy atom. The molecule has 0 aliphatic carbocycles. The van der Waals surface area contributed by atoms with Crippen LogP contribution in [0, 0.1) is 0 Å². The zero-order valence-electron chi connectivity index (χ0n) is 19.8. The molecule has 0 fully saturated rings. The SMILES string of the molecule is CC(C)(C)OC(=O)c1ccc(Cl)c(C(O)c2cc3c(Cl)cc(Br)cc3n2S(=O)(=O)c2ccccc2)c1Cl. The van der Waals surface area contributed by atoms with Crippen molar-refractivity contribution in [1.29, 1.82) is 0 Å². The van der Waals surface area contributed by atoms with Crippen LogP contribution in [0.3, 0.4) is 0 Å². The van der Waals surface area contributed by atoms with E-state index in [-0.39, 0.29) is 42.3 Å². The van der Waals surface area contributed by atoms with Crippen molar-refractivity contribution < 1.29 is 23.1 Å². The number of rotatable bonds is 5. The van der Waals surface area contributed by atoms with Gasteiger partial charge in [-0.25, -0.2) is 17.2 Å². The predicted molar refractivity (Wildman–Crippen MR) is 149 cm³/mol. The van der Waals surface area contributed by atoms with Crippen LogP contribution < -0.4 is 0 Å². The second kappa shape index (κ2) is 10.2. The number of aromatic nitrogens is 1. The van der Waals surface area contributed by atoms with E-state index in [2.05, 4.69) is 15.9 Å². The minimum atomic E-state index is -4.22. The van der Waals surface area contributed by atoms with Crippen LogP contribution in [0.4, 0.5) is 0 Å². The molecular formula is C26H21BrCl3NO5S. The van der Waals surface area contributed by atoms with Gasteiger partial charge in [-0.3, -0.25) is 0 Å². The molecule has 1 N–H and O–H groups in total. The van der Waals surface area contributed by atoms with Crippen LogP contribution >= 0.6 is 50.7 Å². The summed E-state index contributed by atoms with van der Waals surface area (Å²) in [5, 5.41) is 12.1. The molecule has 0 amide bonds. The van der Waals surface area contributed by atoms with Gasteiger partial charge in [-0.05, 0) is 63.2 Å². The molecule has 0 aliphatic heterocycles. The molecular weight excluding hydrogens is 625 g/mol. The first-order chi connectivity index (χ1) is 17.2. The van der Waals surface area contributed by atoms with Crippen molar-refractivity contribution >= 4 is 77.6 Å². The zero-order valence-corrected chi connectivity index (χ0v) is 24.5. The third-order valence-electron chi connectivity index (χ3n) is 5.40. The minimum Gasteiger partial charge on any atom is -0.456 e. The number of benzene rings is 3. The summed E-state index contributed by atoms with van der Waals surface area (Å²) in [6.07, 6.45) is -1.65. The number of hydrogen-bond acceptors (Lipinski definition) is 5. The zero-order chi connectivity index (χ0) is 27.3. The number of esters is 1. The second-order valence-corrected chi connectivity index (χ2v) is 13.1. The molecule has 194 valence electrons. The standard InChI is InChI=1S/C26H21BrCl3NO5S/c1-26(2,3)36-25(33)16-9-10-18(28)22(23(16)30)24(32)21-13-17-19(29)11-14(27)12-20(17)31(21)37(34,35)15-7-5-4-6-8-15/h4-13,24,32H,1-3H3. The molecule has 1 unspecified atom stereocenters. The summed E-state index contributed by atoms with van der Waals surface area (Å²) < 4.78 is 34.7. The van der Waals surface area contributed by atoms with Crippen molar-refractivity contribution in [2.45, 2.75) is 37.4 Å². The largest absolute Gasteiger partial charge is 0.456 e. The summed E-state index contributed by atoms with van der Waals surface area (Å²) in [6.45, 7) is 5.12. The van der Waals surface area contributed by atoms with E-state index in [1.807, 2.05) is 0 Å². The molecule has 11 heteroatoms. The number of hydrogen-bond donors (Lipinski definition) is 1. The maximum atomic E-state index is 13.8. The van der Waals surface area contributed by atoms with Crippen LogP contribution in [0.25, 0.3) is 10.9 Å². The lowest BCUT2D eigenvalue weighted by atomic mass is 10.0. The first kappa shape index (κ1) is 28.0. The predicted octanol–water partition coefficient (Wildman–Crippen LogP) is 7.64. The smallest absolute Gasteiger partial charge is 0.340 e. The van der Waals surface area contributed by atoms with Gasteiger partial charge >= 0.3 is 5.97 Å². The molecule has 1 heterocycles. The van der Waals surface area contributed by atoms with Crippen LogP contribution in [-0.2, 0) is 14.8 Å². The fraction of sp³-hybridized carbons (Fsp3) is 0.192. The van der Waals surface area contributed by atoms with E-state index >= 15 is 0 Å².